The Morgan fingerprint density at radius 2 is 2.19 bits per heavy atom. The van der Waals surface area contributed by atoms with Crippen LogP contribution >= 0.6 is 0 Å². The molecule has 0 spiro atoms. The van der Waals surface area contributed by atoms with E-state index >= 15 is 0 Å². The van der Waals surface area contributed by atoms with Gasteiger partial charge in [-0.2, -0.15) is 4.98 Å². The molecule has 0 radical (unpaired) electrons. The van der Waals surface area contributed by atoms with E-state index in [9.17, 15) is 14.9 Å². The number of rotatable bonds is 5. The number of nitrogens with zero attached hydrogens (tertiary/aromatic N) is 3. The monoisotopic (exact) mass is 295 g/mol. The number of aromatic nitrogens is 1. The number of carboxylic acid groups (broad SMARTS) is 1. The van der Waals surface area contributed by atoms with Gasteiger partial charge in [-0.05, 0) is 18.8 Å². The highest BCUT2D eigenvalue weighted by molar-refractivity contribution is 5.67. The maximum Gasteiger partial charge on any atom is 0.311 e. The first-order chi connectivity index (χ1) is 10.0. The van der Waals surface area contributed by atoms with Gasteiger partial charge in [-0.25, -0.2) is 0 Å². The zero-order valence-corrected chi connectivity index (χ0v) is 11.7. The van der Waals surface area contributed by atoms with Crippen molar-refractivity contribution < 1.29 is 19.6 Å². The van der Waals surface area contributed by atoms with E-state index in [4.69, 9.17) is 9.84 Å². The van der Waals surface area contributed by atoms with E-state index in [2.05, 4.69) is 4.98 Å². The summed E-state index contributed by atoms with van der Waals surface area (Å²) in [7, 11) is 1.46. The Hall–Kier alpha value is -2.38. The van der Waals surface area contributed by atoms with E-state index < -0.39 is 10.9 Å². The molecule has 1 saturated heterocycles. The SMILES string of the molecule is COc1ccc([N+](=O)[O-])c(N2CCC(CC(=O)O)CC2)n1. The van der Waals surface area contributed by atoms with Crippen LogP contribution in [0, 0.1) is 16.0 Å². The summed E-state index contributed by atoms with van der Waals surface area (Å²) >= 11 is 0. The first kappa shape index (κ1) is 15.0. The van der Waals surface area contributed by atoms with Crippen molar-refractivity contribution in [2.45, 2.75) is 19.3 Å². The minimum Gasteiger partial charge on any atom is -0.481 e. The van der Waals surface area contributed by atoms with Gasteiger partial charge in [-0.15, -0.1) is 0 Å². The number of nitro groups is 1. The highest BCUT2D eigenvalue weighted by atomic mass is 16.6. The molecule has 114 valence electrons. The van der Waals surface area contributed by atoms with Crippen LogP contribution in [-0.2, 0) is 4.79 Å². The predicted molar refractivity (Wildman–Crippen MR) is 74.6 cm³/mol. The molecule has 1 aromatic rings. The third kappa shape index (κ3) is 3.59. The lowest BCUT2D eigenvalue weighted by molar-refractivity contribution is -0.384. The number of carbonyl (C=O) groups is 1. The topological polar surface area (TPSA) is 106 Å². The van der Waals surface area contributed by atoms with Crippen LogP contribution in [-0.4, -0.2) is 41.2 Å². The number of carboxylic acids is 1. The number of piperidine rings is 1. The third-order valence-corrected chi connectivity index (χ3v) is 3.61. The summed E-state index contributed by atoms with van der Waals surface area (Å²) in [4.78, 5) is 27.3. The molecule has 1 aliphatic heterocycles. The fourth-order valence-corrected chi connectivity index (χ4v) is 2.51. The number of pyridine rings is 1. The van der Waals surface area contributed by atoms with Gasteiger partial charge in [0.2, 0.25) is 11.7 Å². The molecule has 1 aliphatic rings. The van der Waals surface area contributed by atoms with Gasteiger partial charge in [0.05, 0.1) is 12.0 Å². The van der Waals surface area contributed by atoms with Crippen molar-refractivity contribution in [3.63, 3.8) is 0 Å². The quantitative estimate of drug-likeness (QED) is 0.650. The number of hydrogen-bond acceptors (Lipinski definition) is 6. The third-order valence-electron chi connectivity index (χ3n) is 3.61. The molecular weight excluding hydrogens is 278 g/mol. The van der Waals surface area contributed by atoms with Crippen molar-refractivity contribution in [1.82, 2.24) is 4.98 Å². The van der Waals surface area contributed by atoms with Crippen molar-refractivity contribution in [1.29, 1.82) is 0 Å². The molecule has 0 saturated carbocycles. The average molecular weight is 295 g/mol. The molecule has 2 heterocycles. The van der Waals surface area contributed by atoms with Crippen LogP contribution in [0.5, 0.6) is 5.88 Å². The molecule has 0 amide bonds. The van der Waals surface area contributed by atoms with Gasteiger partial charge in [0.1, 0.15) is 0 Å². The highest BCUT2D eigenvalue weighted by Gasteiger charge is 2.27. The van der Waals surface area contributed by atoms with Gasteiger partial charge in [0.15, 0.2) is 0 Å². The molecule has 0 bridgehead atoms. The van der Waals surface area contributed by atoms with Gasteiger partial charge in [-0.3, -0.25) is 14.9 Å². The van der Waals surface area contributed by atoms with Gasteiger partial charge in [-0.1, -0.05) is 0 Å². The Labute approximate surface area is 121 Å². The second kappa shape index (κ2) is 6.38. The lowest BCUT2D eigenvalue weighted by Gasteiger charge is -2.31. The molecule has 2 rings (SSSR count). The van der Waals surface area contributed by atoms with Crippen molar-refractivity contribution >= 4 is 17.5 Å². The van der Waals surface area contributed by atoms with Crippen molar-refractivity contribution in [3.8, 4) is 5.88 Å². The minimum absolute atomic E-state index is 0.0625. The molecule has 8 heteroatoms. The van der Waals surface area contributed by atoms with Crippen LogP contribution in [0.15, 0.2) is 12.1 Å². The van der Waals surface area contributed by atoms with Crippen LogP contribution < -0.4 is 9.64 Å². The fraction of sp³-hybridized carbons (Fsp3) is 0.538. The van der Waals surface area contributed by atoms with Crippen LogP contribution in [0.3, 0.4) is 0 Å². The number of anilines is 1. The molecule has 0 aliphatic carbocycles. The number of aliphatic carboxylic acids is 1. The van der Waals surface area contributed by atoms with E-state index in [0.717, 1.165) is 0 Å². The second-order valence-electron chi connectivity index (χ2n) is 4.98. The fourth-order valence-electron chi connectivity index (χ4n) is 2.51. The largest absolute Gasteiger partial charge is 0.481 e. The molecule has 1 fully saturated rings. The Kier molecular flexibility index (Phi) is 4.56. The summed E-state index contributed by atoms with van der Waals surface area (Å²) in [6.45, 7) is 1.11. The lowest BCUT2D eigenvalue weighted by atomic mass is 9.93. The summed E-state index contributed by atoms with van der Waals surface area (Å²) in [6, 6.07) is 2.84. The van der Waals surface area contributed by atoms with Crippen molar-refractivity contribution in [2.75, 3.05) is 25.1 Å². The Morgan fingerprint density at radius 1 is 1.52 bits per heavy atom. The maximum absolute atomic E-state index is 11.1. The van der Waals surface area contributed by atoms with Gasteiger partial charge < -0.3 is 14.7 Å². The minimum atomic E-state index is -0.807. The zero-order chi connectivity index (χ0) is 15.4. The smallest absolute Gasteiger partial charge is 0.311 e. The molecule has 0 unspecified atom stereocenters. The van der Waals surface area contributed by atoms with E-state index in [1.165, 1.54) is 19.2 Å². The van der Waals surface area contributed by atoms with Gasteiger partial charge in [0, 0.05) is 31.6 Å². The van der Waals surface area contributed by atoms with E-state index in [1.54, 1.807) is 0 Å². The van der Waals surface area contributed by atoms with E-state index in [0.29, 0.717) is 31.8 Å². The first-order valence-corrected chi connectivity index (χ1v) is 6.67. The average Bonchev–Trinajstić information content (AvgIpc) is 2.46. The summed E-state index contributed by atoms with van der Waals surface area (Å²) < 4.78 is 5.02. The summed E-state index contributed by atoms with van der Waals surface area (Å²) in [5, 5.41) is 19.9. The maximum atomic E-state index is 11.1. The van der Waals surface area contributed by atoms with Crippen LogP contribution in [0.2, 0.25) is 0 Å². The predicted octanol–water partition coefficient (Wildman–Crippen LogP) is 1.69. The first-order valence-electron chi connectivity index (χ1n) is 6.67. The lowest BCUT2D eigenvalue weighted by Crippen LogP contribution is -2.35. The summed E-state index contributed by atoms with van der Waals surface area (Å²) in [5.41, 5.74) is -0.0625. The van der Waals surface area contributed by atoms with Gasteiger partial charge >= 0.3 is 11.7 Å². The molecular formula is C13H17N3O5. The molecule has 0 aromatic carbocycles. The molecule has 1 aromatic heterocycles. The standard InChI is InChI=1S/C13H17N3O5/c1-21-11-3-2-10(16(19)20)13(14-11)15-6-4-9(5-7-15)8-12(17)18/h2-3,9H,4-8H2,1H3,(H,17,18). The summed E-state index contributed by atoms with van der Waals surface area (Å²) in [5.74, 6) is -0.0845. The number of ether oxygens (including phenoxy) is 1. The number of hydrogen-bond donors (Lipinski definition) is 1. The van der Waals surface area contributed by atoms with E-state index in [1.807, 2.05) is 4.90 Å². The van der Waals surface area contributed by atoms with Crippen LogP contribution in [0.4, 0.5) is 11.5 Å². The zero-order valence-electron chi connectivity index (χ0n) is 11.7. The normalized spacial score (nSPS) is 15.8. The van der Waals surface area contributed by atoms with Gasteiger partial charge in [0.25, 0.3) is 0 Å². The Bertz CT molecular complexity index is 541. The van der Waals surface area contributed by atoms with Crippen molar-refractivity contribution in [2.24, 2.45) is 5.92 Å². The molecule has 8 nitrogen and oxygen atoms in total. The Morgan fingerprint density at radius 3 is 2.71 bits per heavy atom. The second-order valence-corrected chi connectivity index (χ2v) is 4.98. The molecule has 1 N–H and O–H groups in total. The highest BCUT2D eigenvalue weighted by Crippen LogP contribution is 2.32. The molecule has 0 atom stereocenters. The van der Waals surface area contributed by atoms with Crippen molar-refractivity contribution in [3.05, 3.63) is 22.2 Å². The number of methoxy groups -OCH3 is 1. The summed E-state index contributed by atoms with van der Waals surface area (Å²) in [6.07, 6.45) is 1.51. The molecule has 21 heavy (non-hydrogen) atoms. The van der Waals surface area contributed by atoms with Crippen LogP contribution in [0.1, 0.15) is 19.3 Å². The Balaban J connectivity index is 2.15. The van der Waals surface area contributed by atoms with E-state index in [-0.39, 0.29) is 23.8 Å². The van der Waals surface area contributed by atoms with Crippen LogP contribution in [0.25, 0.3) is 0 Å².